The fourth-order valence-corrected chi connectivity index (χ4v) is 2.46. The lowest BCUT2D eigenvalue weighted by Gasteiger charge is -2.25. The molecule has 0 saturated carbocycles. The average Bonchev–Trinajstić information content (AvgIpc) is 2.62. The van der Waals surface area contributed by atoms with Crippen molar-refractivity contribution in [3.63, 3.8) is 0 Å². The number of carbonyl (C=O) groups excluding carboxylic acids is 2. The van der Waals surface area contributed by atoms with Crippen molar-refractivity contribution in [1.29, 1.82) is 5.26 Å². The van der Waals surface area contributed by atoms with Gasteiger partial charge < -0.3 is 9.64 Å². The van der Waals surface area contributed by atoms with Crippen LogP contribution in [0.5, 0.6) is 0 Å². The number of benzene rings is 2. The molecule has 5 nitrogen and oxygen atoms in total. The molecule has 0 aromatic heterocycles. The third kappa shape index (κ3) is 5.42. The molecular formula is C20H19FN2O3. The lowest BCUT2D eigenvalue weighted by Crippen LogP contribution is -2.40. The van der Waals surface area contributed by atoms with E-state index in [2.05, 4.69) is 0 Å². The number of hydrogen-bond acceptors (Lipinski definition) is 4. The monoisotopic (exact) mass is 354 g/mol. The molecule has 0 spiro atoms. The normalized spacial score (nSPS) is 11.3. The molecule has 26 heavy (non-hydrogen) atoms. The number of ether oxygens (including phenoxy) is 1. The zero-order chi connectivity index (χ0) is 18.9. The summed E-state index contributed by atoms with van der Waals surface area (Å²) < 4.78 is 18.4. The third-order valence-electron chi connectivity index (χ3n) is 3.67. The van der Waals surface area contributed by atoms with Gasteiger partial charge >= 0.3 is 5.97 Å². The maximum atomic E-state index is 13.2. The predicted molar refractivity (Wildman–Crippen MR) is 94.7 cm³/mol. The summed E-state index contributed by atoms with van der Waals surface area (Å²) in [5.74, 6) is -1.48. The van der Waals surface area contributed by atoms with Gasteiger partial charge in [0.1, 0.15) is 5.82 Å². The summed E-state index contributed by atoms with van der Waals surface area (Å²) >= 11 is 0. The molecule has 0 N–H and O–H groups in total. The van der Waals surface area contributed by atoms with Crippen LogP contribution < -0.4 is 4.90 Å². The summed E-state index contributed by atoms with van der Waals surface area (Å²) in [6, 6.07) is 16.5. The molecule has 0 fully saturated rings. The molecule has 6 heteroatoms. The fourth-order valence-electron chi connectivity index (χ4n) is 2.46. The van der Waals surface area contributed by atoms with Crippen molar-refractivity contribution >= 4 is 17.6 Å². The first-order valence-electron chi connectivity index (χ1n) is 8.18. The molecule has 0 aliphatic rings. The maximum Gasteiger partial charge on any atom is 0.311 e. The van der Waals surface area contributed by atoms with E-state index >= 15 is 0 Å². The van der Waals surface area contributed by atoms with Crippen molar-refractivity contribution in [2.24, 2.45) is 0 Å². The lowest BCUT2D eigenvalue weighted by molar-refractivity contribution is -0.153. The standard InChI is InChI=1S/C20H19FN2O3/c1-15(26-19(24)14-16-7-5-8-17(21)13-16)20(25)23(12-6-11-22)18-9-3-2-4-10-18/h2-5,7-10,13,15H,6,12,14H2,1H3. The molecule has 0 radical (unpaired) electrons. The Morgan fingerprint density at radius 2 is 1.92 bits per heavy atom. The van der Waals surface area contributed by atoms with Crippen LogP contribution >= 0.6 is 0 Å². The molecular weight excluding hydrogens is 335 g/mol. The van der Waals surface area contributed by atoms with Gasteiger partial charge in [0.25, 0.3) is 5.91 Å². The Morgan fingerprint density at radius 1 is 1.19 bits per heavy atom. The van der Waals surface area contributed by atoms with Crippen LogP contribution in [0.1, 0.15) is 18.9 Å². The van der Waals surface area contributed by atoms with E-state index in [-0.39, 0.29) is 19.4 Å². The van der Waals surface area contributed by atoms with Gasteiger partial charge in [0.15, 0.2) is 6.10 Å². The number of anilines is 1. The summed E-state index contributed by atoms with van der Waals surface area (Å²) in [7, 11) is 0. The Kier molecular flexibility index (Phi) is 6.86. The van der Waals surface area contributed by atoms with Gasteiger partial charge in [0.2, 0.25) is 0 Å². The number of nitrogens with zero attached hydrogens (tertiary/aromatic N) is 2. The number of carbonyl (C=O) groups is 2. The van der Waals surface area contributed by atoms with Crippen molar-refractivity contribution in [2.45, 2.75) is 25.9 Å². The molecule has 1 atom stereocenters. The number of nitriles is 1. The summed E-state index contributed by atoms with van der Waals surface area (Å²) in [5, 5.41) is 8.81. The number of para-hydroxylation sites is 1. The summed E-state index contributed by atoms with van der Waals surface area (Å²) in [6.07, 6.45) is -0.987. The highest BCUT2D eigenvalue weighted by Gasteiger charge is 2.25. The Balaban J connectivity index is 2.03. The first kappa shape index (κ1) is 19.1. The highest BCUT2D eigenvalue weighted by molar-refractivity contribution is 5.97. The zero-order valence-corrected chi connectivity index (χ0v) is 14.4. The second-order valence-corrected chi connectivity index (χ2v) is 5.67. The lowest BCUT2D eigenvalue weighted by atomic mass is 10.1. The molecule has 2 aromatic rings. The van der Waals surface area contributed by atoms with E-state index in [9.17, 15) is 14.0 Å². The molecule has 0 heterocycles. The molecule has 134 valence electrons. The molecule has 0 saturated heterocycles. The number of amides is 1. The first-order valence-corrected chi connectivity index (χ1v) is 8.18. The van der Waals surface area contributed by atoms with Gasteiger partial charge in [-0.2, -0.15) is 5.26 Å². The number of esters is 1. The van der Waals surface area contributed by atoms with E-state index in [0.717, 1.165) is 0 Å². The largest absolute Gasteiger partial charge is 0.452 e. The van der Waals surface area contributed by atoms with Gasteiger partial charge in [-0.05, 0) is 36.8 Å². The number of rotatable bonds is 7. The third-order valence-corrected chi connectivity index (χ3v) is 3.67. The van der Waals surface area contributed by atoms with Crippen molar-refractivity contribution in [3.05, 3.63) is 66.0 Å². The average molecular weight is 354 g/mol. The van der Waals surface area contributed by atoms with Crippen LogP contribution in [0.25, 0.3) is 0 Å². The van der Waals surface area contributed by atoms with E-state index in [0.29, 0.717) is 11.3 Å². The van der Waals surface area contributed by atoms with Crippen LogP contribution in [0.3, 0.4) is 0 Å². The molecule has 0 bridgehead atoms. The first-order chi connectivity index (χ1) is 12.5. The van der Waals surface area contributed by atoms with Crippen LogP contribution in [0.4, 0.5) is 10.1 Å². The van der Waals surface area contributed by atoms with E-state index in [1.807, 2.05) is 12.1 Å². The molecule has 1 unspecified atom stereocenters. The van der Waals surface area contributed by atoms with Crippen molar-refractivity contribution < 1.29 is 18.7 Å². The van der Waals surface area contributed by atoms with Gasteiger partial charge in [-0.3, -0.25) is 9.59 Å². The summed E-state index contributed by atoms with van der Waals surface area (Å²) in [5.41, 5.74) is 1.10. The van der Waals surface area contributed by atoms with Gasteiger partial charge in [-0.15, -0.1) is 0 Å². The highest BCUT2D eigenvalue weighted by Crippen LogP contribution is 2.16. The van der Waals surface area contributed by atoms with E-state index in [4.69, 9.17) is 10.00 Å². The number of halogens is 1. The Hall–Kier alpha value is -3.20. The molecule has 1 amide bonds. The maximum absolute atomic E-state index is 13.2. The topological polar surface area (TPSA) is 70.4 Å². The van der Waals surface area contributed by atoms with Crippen LogP contribution in [0, 0.1) is 17.1 Å². The van der Waals surface area contributed by atoms with E-state index in [1.54, 1.807) is 30.3 Å². The summed E-state index contributed by atoms with van der Waals surface area (Å²) in [6.45, 7) is 1.68. The minimum absolute atomic E-state index is 0.126. The van der Waals surface area contributed by atoms with Crippen LogP contribution in [0.15, 0.2) is 54.6 Å². The number of hydrogen-bond donors (Lipinski definition) is 0. The van der Waals surface area contributed by atoms with Crippen molar-refractivity contribution in [1.82, 2.24) is 0 Å². The smallest absolute Gasteiger partial charge is 0.311 e. The van der Waals surface area contributed by atoms with Crippen LogP contribution in [-0.2, 0) is 20.7 Å². The Labute approximate surface area is 151 Å². The zero-order valence-electron chi connectivity index (χ0n) is 14.4. The second-order valence-electron chi connectivity index (χ2n) is 5.67. The van der Waals surface area contributed by atoms with Crippen molar-refractivity contribution in [2.75, 3.05) is 11.4 Å². The minimum Gasteiger partial charge on any atom is -0.452 e. The Bertz CT molecular complexity index is 802. The van der Waals surface area contributed by atoms with Crippen molar-refractivity contribution in [3.8, 4) is 6.07 Å². The van der Waals surface area contributed by atoms with Gasteiger partial charge in [-0.1, -0.05) is 30.3 Å². The molecule has 2 aromatic carbocycles. The Morgan fingerprint density at radius 3 is 2.58 bits per heavy atom. The molecule has 0 aliphatic heterocycles. The predicted octanol–water partition coefficient (Wildman–Crippen LogP) is 3.25. The van der Waals surface area contributed by atoms with Crippen LogP contribution in [-0.4, -0.2) is 24.5 Å². The van der Waals surface area contributed by atoms with Crippen LogP contribution in [0.2, 0.25) is 0 Å². The van der Waals surface area contributed by atoms with Gasteiger partial charge in [0, 0.05) is 12.2 Å². The highest BCUT2D eigenvalue weighted by atomic mass is 19.1. The molecule has 0 aliphatic carbocycles. The quantitative estimate of drug-likeness (QED) is 0.716. The fraction of sp³-hybridized carbons (Fsp3) is 0.250. The van der Waals surface area contributed by atoms with Gasteiger partial charge in [-0.25, -0.2) is 4.39 Å². The second kappa shape index (κ2) is 9.33. The summed E-state index contributed by atoms with van der Waals surface area (Å²) in [4.78, 5) is 26.1. The molecule has 2 rings (SSSR count). The van der Waals surface area contributed by atoms with E-state index < -0.39 is 23.8 Å². The van der Waals surface area contributed by atoms with E-state index in [1.165, 1.54) is 30.0 Å². The minimum atomic E-state index is -1.02. The SMILES string of the molecule is CC(OC(=O)Cc1cccc(F)c1)C(=O)N(CCC#N)c1ccccc1. The van der Waals surface area contributed by atoms with Gasteiger partial charge in [0.05, 0.1) is 18.9 Å².